The van der Waals surface area contributed by atoms with Gasteiger partial charge in [0.1, 0.15) is 18.1 Å². The Bertz CT molecular complexity index is 876. The normalized spacial score (nSPS) is 13.1. The van der Waals surface area contributed by atoms with Crippen molar-refractivity contribution < 1.29 is 39.0 Å². The molecule has 0 fully saturated rings. The van der Waals surface area contributed by atoms with Crippen LogP contribution in [0.25, 0.3) is 0 Å². The molecule has 3 unspecified atom stereocenters. The minimum absolute atomic E-state index is 0.0490. The van der Waals surface area contributed by atoms with Gasteiger partial charge in [-0.15, -0.1) is 0 Å². The molecule has 0 aliphatic carbocycles. The number of carboxylic acid groups (broad SMARTS) is 2. The molecule has 0 heterocycles. The number of nitrogens with one attached hydrogen (secondary N) is 3. The van der Waals surface area contributed by atoms with Crippen molar-refractivity contribution in [3.05, 3.63) is 35.9 Å². The molecule has 13 heteroatoms. The molecule has 0 aliphatic rings. The molecule has 3 atom stereocenters. The van der Waals surface area contributed by atoms with Crippen LogP contribution in [0.5, 0.6) is 0 Å². The lowest BCUT2D eigenvalue weighted by Crippen LogP contribution is -2.57. The highest BCUT2D eigenvalue weighted by Crippen LogP contribution is 2.06. The van der Waals surface area contributed by atoms with Gasteiger partial charge in [-0.25, -0.2) is 4.79 Å². The van der Waals surface area contributed by atoms with E-state index in [1.807, 2.05) is 0 Å². The molecule has 33 heavy (non-hydrogen) atoms. The molecular weight excluding hydrogens is 438 g/mol. The van der Waals surface area contributed by atoms with Crippen LogP contribution in [-0.2, 0) is 35.2 Å². The van der Waals surface area contributed by atoms with Crippen LogP contribution < -0.4 is 27.4 Å². The Kier molecular flexibility index (Phi) is 11.0. The Hall–Kier alpha value is -4.00. The number of primary amides is 1. The summed E-state index contributed by atoms with van der Waals surface area (Å²) in [7, 11) is 0. The molecule has 0 spiro atoms. The Morgan fingerprint density at radius 1 is 0.848 bits per heavy atom. The van der Waals surface area contributed by atoms with Gasteiger partial charge in [-0.1, -0.05) is 30.3 Å². The second-order valence-electron chi connectivity index (χ2n) is 7.08. The fraction of sp³-hybridized carbons (Fsp3) is 0.400. The molecule has 0 radical (unpaired) electrons. The molecule has 1 rings (SSSR count). The van der Waals surface area contributed by atoms with E-state index in [2.05, 4.69) is 16.0 Å². The molecule has 0 bridgehead atoms. The molecule has 1 aromatic rings. The van der Waals surface area contributed by atoms with Gasteiger partial charge in [0.2, 0.25) is 23.6 Å². The summed E-state index contributed by atoms with van der Waals surface area (Å²) in [5.74, 6) is -6.26. The van der Waals surface area contributed by atoms with Gasteiger partial charge >= 0.3 is 11.9 Å². The van der Waals surface area contributed by atoms with E-state index in [0.29, 0.717) is 5.56 Å². The number of benzene rings is 1. The van der Waals surface area contributed by atoms with E-state index in [1.54, 1.807) is 30.3 Å². The predicted molar refractivity (Wildman–Crippen MR) is 113 cm³/mol. The minimum Gasteiger partial charge on any atom is -0.481 e. The van der Waals surface area contributed by atoms with Gasteiger partial charge in [-0.2, -0.15) is 0 Å². The molecule has 0 aliphatic heterocycles. The van der Waals surface area contributed by atoms with Crippen molar-refractivity contribution in [3.63, 3.8) is 0 Å². The van der Waals surface area contributed by atoms with Crippen LogP contribution >= 0.6 is 0 Å². The number of carbonyl (C=O) groups is 6. The topological polar surface area (TPSA) is 231 Å². The first kappa shape index (κ1) is 27.0. The summed E-state index contributed by atoms with van der Waals surface area (Å²) in [4.78, 5) is 70.7. The van der Waals surface area contributed by atoms with Crippen molar-refractivity contribution in [2.24, 2.45) is 11.5 Å². The summed E-state index contributed by atoms with van der Waals surface area (Å²) in [6.45, 7) is -0.505. The third-order valence-electron chi connectivity index (χ3n) is 4.43. The SMILES string of the molecule is NCC(=O)NC(CC(=O)O)C(=O)NC(CCC(N)=O)C(=O)NC(Cc1ccccc1)C(=O)O. The summed E-state index contributed by atoms with van der Waals surface area (Å²) in [5, 5.41) is 25.1. The van der Waals surface area contributed by atoms with E-state index >= 15 is 0 Å². The van der Waals surface area contributed by atoms with Crippen LogP contribution in [0.4, 0.5) is 0 Å². The van der Waals surface area contributed by atoms with Gasteiger partial charge in [-0.3, -0.25) is 24.0 Å². The van der Waals surface area contributed by atoms with E-state index in [1.165, 1.54) is 0 Å². The van der Waals surface area contributed by atoms with Crippen molar-refractivity contribution >= 4 is 35.6 Å². The monoisotopic (exact) mass is 465 g/mol. The van der Waals surface area contributed by atoms with Crippen molar-refractivity contribution in [2.75, 3.05) is 6.54 Å². The highest BCUT2D eigenvalue weighted by molar-refractivity contribution is 5.95. The number of nitrogens with two attached hydrogens (primary N) is 2. The summed E-state index contributed by atoms with van der Waals surface area (Å²) in [5.41, 5.74) is 10.9. The third-order valence-corrected chi connectivity index (χ3v) is 4.43. The lowest BCUT2D eigenvalue weighted by Gasteiger charge is -2.24. The molecule has 13 nitrogen and oxygen atoms in total. The van der Waals surface area contributed by atoms with Gasteiger partial charge < -0.3 is 37.6 Å². The van der Waals surface area contributed by atoms with Crippen molar-refractivity contribution in [2.45, 2.75) is 43.8 Å². The maximum atomic E-state index is 12.8. The highest BCUT2D eigenvalue weighted by Gasteiger charge is 2.30. The van der Waals surface area contributed by atoms with Crippen LogP contribution in [-0.4, -0.2) is 70.5 Å². The summed E-state index contributed by atoms with van der Waals surface area (Å²) >= 11 is 0. The number of aliphatic carboxylic acids is 2. The fourth-order valence-corrected chi connectivity index (χ4v) is 2.79. The second-order valence-corrected chi connectivity index (χ2v) is 7.08. The number of carbonyl (C=O) groups excluding carboxylic acids is 4. The van der Waals surface area contributed by atoms with Gasteiger partial charge in [-0.05, 0) is 12.0 Å². The summed E-state index contributed by atoms with van der Waals surface area (Å²) < 4.78 is 0. The van der Waals surface area contributed by atoms with Crippen LogP contribution in [0.15, 0.2) is 30.3 Å². The van der Waals surface area contributed by atoms with Gasteiger partial charge in [0.25, 0.3) is 0 Å². The number of rotatable bonds is 14. The zero-order valence-electron chi connectivity index (χ0n) is 17.7. The number of carboxylic acids is 2. The Morgan fingerprint density at radius 3 is 1.94 bits per heavy atom. The number of hydrogen-bond donors (Lipinski definition) is 7. The molecule has 4 amide bonds. The molecule has 1 aromatic carbocycles. The van der Waals surface area contributed by atoms with Crippen molar-refractivity contribution in [3.8, 4) is 0 Å². The summed E-state index contributed by atoms with van der Waals surface area (Å²) in [6.07, 6.45) is -1.46. The average Bonchev–Trinajstić information content (AvgIpc) is 2.75. The van der Waals surface area contributed by atoms with Crippen LogP contribution in [0.3, 0.4) is 0 Å². The Balaban J connectivity index is 3.00. The summed E-state index contributed by atoms with van der Waals surface area (Å²) in [6, 6.07) is 4.16. The Labute approximate surface area is 188 Å². The van der Waals surface area contributed by atoms with E-state index in [4.69, 9.17) is 16.6 Å². The highest BCUT2D eigenvalue weighted by atomic mass is 16.4. The van der Waals surface area contributed by atoms with E-state index in [-0.39, 0.29) is 19.3 Å². The maximum absolute atomic E-state index is 12.8. The lowest BCUT2D eigenvalue weighted by atomic mass is 10.0. The van der Waals surface area contributed by atoms with Crippen molar-refractivity contribution in [1.82, 2.24) is 16.0 Å². The quantitative estimate of drug-likeness (QED) is 0.153. The van der Waals surface area contributed by atoms with Crippen LogP contribution in [0.1, 0.15) is 24.8 Å². The zero-order chi connectivity index (χ0) is 25.0. The third kappa shape index (κ3) is 10.2. The van der Waals surface area contributed by atoms with Gasteiger partial charge in [0.05, 0.1) is 13.0 Å². The number of amides is 4. The first-order valence-electron chi connectivity index (χ1n) is 9.90. The predicted octanol–water partition coefficient (Wildman–Crippen LogP) is -2.53. The molecule has 9 N–H and O–H groups in total. The minimum atomic E-state index is -1.55. The molecule has 0 saturated heterocycles. The average molecular weight is 465 g/mol. The second kappa shape index (κ2) is 13.4. The van der Waals surface area contributed by atoms with Gasteiger partial charge in [0.15, 0.2) is 0 Å². The lowest BCUT2D eigenvalue weighted by molar-refractivity contribution is -0.143. The Morgan fingerprint density at radius 2 is 1.42 bits per heavy atom. The van der Waals surface area contributed by atoms with E-state index in [0.717, 1.165) is 0 Å². The molecular formula is C20H27N5O8. The van der Waals surface area contributed by atoms with Crippen molar-refractivity contribution in [1.29, 1.82) is 0 Å². The van der Waals surface area contributed by atoms with E-state index in [9.17, 15) is 33.9 Å². The fourth-order valence-electron chi connectivity index (χ4n) is 2.79. The maximum Gasteiger partial charge on any atom is 0.326 e. The first-order chi connectivity index (χ1) is 15.5. The van der Waals surface area contributed by atoms with Crippen LogP contribution in [0, 0.1) is 0 Å². The molecule has 0 aromatic heterocycles. The first-order valence-corrected chi connectivity index (χ1v) is 9.90. The molecule has 180 valence electrons. The standard InChI is InChI=1S/C20H27N5O8/c21-10-16(27)23-13(9-17(28)29)19(31)24-12(6-7-15(22)26)18(30)25-14(20(32)33)8-11-4-2-1-3-5-11/h1-5,12-14H,6-10,21H2,(H2,22,26)(H,23,27)(H,24,31)(H,25,30)(H,28,29)(H,32,33). The smallest absolute Gasteiger partial charge is 0.326 e. The van der Waals surface area contributed by atoms with Crippen LogP contribution in [0.2, 0.25) is 0 Å². The zero-order valence-corrected chi connectivity index (χ0v) is 17.7. The molecule has 0 saturated carbocycles. The van der Waals surface area contributed by atoms with Gasteiger partial charge in [0, 0.05) is 12.8 Å². The largest absolute Gasteiger partial charge is 0.481 e. The van der Waals surface area contributed by atoms with E-state index < -0.39 is 66.7 Å². The number of hydrogen-bond acceptors (Lipinski definition) is 7.